The number of rotatable bonds is 7. The van der Waals surface area contributed by atoms with E-state index in [1.807, 2.05) is 27.7 Å². The van der Waals surface area contributed by atoms with Crippen molar-refractivity contribution in [2.45, 2.75) is 52.6 Å². The molecule has 2 rings (SSSR count). The van der Waals surface area contributed by atoms with Crippen LogP contribution < -0.4 is 0 Å². The number of hydrogen-bond acceptors (Lipinski definition) is 5. The maximum atomic E-state index is 12.8. The fourth-order valence-corrected chi connectivity index (χ4v) is 3.15. The highest BCUT2D eigenvalue weighted by Gasteiger charge is 2.42. The Morgan fingerprint density at radius 3 is 2.23 bits per heavy atom. The molecule has 0 radical (unpaired) electrons. The number of carbonyl (C=O) groups is 3. The molecule has 8 nitrogen and oxygen atoms in total. The van der Waals surface area contributed by atoms with Gasteiger partial charge in [-0.25, -0.2) is 0 Å². The van der Waals surface area contributed by atoms with Crippen LogP contribution in [0.4, 0.5) is 5.69 Å². The summed E-state index contributed by atoms with van der Waals surface area (Å²) in [7, 11) is 0. The van der Waals surface area contributed by atoms with Crippen molar-refractivity contribution in [1.82, 2.24) is 9.80 Å². The summed E-state index contributed by atoms with van der Waals surface area (Å²) in [4.78, 5) is 50.9. The van der Waals surface area contributed by atoms with Gasteiger partial charge in [-0.3, -0.25) is 29.4 Å². The summed E-state index contributed by atoms with van der Waals surface area (Å²) < 4.78 is 0. The molecule has 0 fully saturated rings. The van der Waals surface area contributed by atoms with Crippen molar-refractivity contribution >= 4 is 23.4 Å². The molecule has 1 heterocycles. The number of benzene rings is 1. The van der Waals surface area contributed by atoms with Crippen molar-refractivity contribution in [2.75, 3.05) is 6.54 Å². The second kappa shape index (κ2) is 7.63. The van der Waals surface area contributed by atoms with Gasteiger partial charge in [0.15, 0.2) is 0 Å². The Hall–Kier alpha value is -2.77. The number of nitrogens with zero attached hydrogens (tertiary/aromatic N) is 3. The van der Waals surface area contributed by atoms with Gasteiger partial charge >= 0.3 is 0 Å². The van der Waals surface area contributed by atoms with Crippen molar-refractivity contribution < 1.29 is 19.3 Å². The molecular weight excluding hydrogens is 338 g/mol. The van der Waals surface area contributed by atoms with E-state index in [0.29, 0.717) is 0 Å². The number of amides is 3. The van der Waals surface area contributed by atoms with Gasteiger partial charge in [-0.1, -0.05) is 19.9 Å². The van der Waals surface area contributed by atoms with Crippen LogP contribution >= 0.6 is 0 Å². The first kappa shape index (κ1) is 19.6. The SMILES string of the molecule is CC[C@H](C)N(C(=O)CN1C(=O)c2cccc([N+](=O)[O-])c2C1=O)[C@@H](C)CC. The zero-order valence-electron chi connectivity index (χ0n) is 15.4. The lowest BCUT2D eigenvalue weighted by Crippen LogP contribution is -2.49. The summed E-state index contributed by atoms with van der Waals surface area (Å²) in [5.41, 5.74) is -0.693. The van der Waals surface area contributed by atoms with Crippen LogP contribution in [0.3, 0.4) is 0 Å². The Bertz CT molecular complexity index is 751. The minimum atomic E-state index is -0.793. The van der Waals surface area contributed by atoms with Crippen LogP contribution in [0.2, 0.25) is 0 Å². The van der Waals surface area contributed by atoms with Crippen LogP contribution in [-0.2, 0) is 4.79 Å². The van der Waals surface area contributed by atoms with Gasteiger partial charge < -0.3 is 4.90 Å². The summed E-state index contributed by atoms with van der Waals surface area (Å²) in [5, 5.41) is 11.2. The maximum absolute atomic E-state index is 12.8. The molecule has 0 spiro atoms. The lowest BCUT2D eigenvalue weighted by atomic mass is 10.1. The standard InChI is InChI=1S/C18H23N3O5/c1-5-11(3)20(12(4)6-2)15(22)10-19-17(23)13-8-7-9-14(21(25)26)16(13)18(19)24/h7-9,11-12H,5-6,10H2,1-4H3/t11-,12-/m0/s1. The molecule has 1 aliphatic rings. The van der Waals surface area contributed by atoms with Gasteiger partial charge in [0.05, 0.1) is 10.5 Å². The Kier molecular flexibility index (Phi) is 5.74. The molecule has 8 heteroatoms. The van der Waals surface area contributed by atoms with Crippen LogP contribution in [-0.4, -0.2) is 51.1 Å². The first-order valence-electron chi connectivity index (χ1n) is 8.69. The second-order valence-electron chi connectivity index (χ2n) is 6.47. The predicted molar refractivity (Wildman–Crippen MR) is 94.8 cm³/mol. The van der Waals surface area contributed by atoms with E-state index in [-0.39, 0.29) is 29.1 Å². The molecule has 2 atom stereocenters. The summed E-state index contributed by atoms with van der Waals surface area (Å²) >= 11 is 0. The van der Waals surface area contributed by atoms with Crippen LogP contribution in [0.15, 0.2) is 18.2 Å². The maximum Gasteiger partial charge on any atom is 0.282 e. The first-order valence-corrected chi connectivity index (χ1v) is 8.69. The Morgan fingerprint density at radius 2 is 1.73 bits per heavy atom. The van der Waals surface area contributed by atoms with Gasteiger partial charge in [0.2, 0.25) is 5.91 Å². The third-order valence-electron chi connectivity index (χ3n) is 4.89. The van der Waals surface area contributed by atoms with Crippen molar-refractivity contribution in [2.24, 2.45) is 0 Å². The number of nitro groups is 1. The summed E-state index contributed by atoms with van der Waals surface area (Å²) in [6.07, 6.45) is 1.48. The number of carbonyl (C=O) groups excluding carboxylic acids is 3. The van der Waals surface area contributed by atoms with E-state index in [4.69, 9.17) is 0 Å². The molecule has 1 aromatic rings. The Balaban J connectivity index is 2.32. The third-order valence-corrected chi connectivity index (χ3v) is 4.89. The topological polar surface area (TPSA) is 101 Å². The van der Waals surface area contributed by atoms with E-state index in [9.17, 15) is 24.5 Å². The molecule has 1 aromatic carbocycles. The highest BCUT2D eigenvalue weighted by atomic mass is 16.6. The summed E-state index contributed by atoms with van der Waals surface area (Å²) in [5.74, 6) is -1.81. The van der Waals surface area contributed by atoms with Gasteiger partial charge in [0.25, 0.3) is 17.5 Å². The third kappa shape index (κ3) is 3.31. The molecule has 0 saturated carbocycles. The Morgan fingerprint density at radius 1 is 1.15 bits per heavy atom. The fraction of sp³-hybridized carbons (Fsp3) is 0.500. The molecular formula is C18H23N3O5. The van der Waals surface area contributed by atoms with Gasteiger partial charge in [-0.2, -0.15) is 0 Å². The normalized spacial score (nSPS) is 15.6. The number of fused-ring (bicyclic) bond motifs is 1. The molecule has 26 heavy (non-hydrogen) atoms. The first-order chi connectivity index (χ1) is 12.2. The van der Waals surface area contributed by atoms with E-state index >= 15 is 0 Å². The van der Waals surface area contributed by atoms with Crippen molar-refractivity contribution in [3.05, 3.63) is 39.4 Å². The van der Waals surface area contributed by atoms with E-state index in [1.54, 1.807) is 4.90 Å². The average molecular weight is 361 g/mol. The zero-order chi connectivity index (χ0) is 19.6. The smallest absolute Gasteiger partial charge is 0.282 e. The van der Waals surface area contributed by atoms with E-state index < -0.39 is 29.0 Å². The predicted octanol–water partition coefficient (Wildman–Crippen LogP) is 2.62. The number of nitro benzene ring substituents is 1. The summed E-state index contributed by atoms with van der Waals surface area (Å²) in [6, 6.07) is 3.83. The molecule has 0 saturated heterocycles. The average Bonchev–Trinajstić information content (AvgIpc) is 2.86. The molecule has 1 aliphatic heterocycles. The molecule has 0 aromatic heterocycles. The summed E-state index contributed by atoms with van der Waals surface area (Å²) in [6.45, 7) is 7.32. The van der Waals surface area contributed by atoms with E-state index in [0.717, 1.165) is 17.7 Å². The van der Waals surface area contributed by atoms with Crippen molar-refractivity contribution in [1.29, 1.82) is 0 Å². The van der Waals surface area contributed by atoms with E-state index in [2.05, 4.69) is 0 Å². The molecule has 0 aliphatic carbocycles. The fourth-order valence-electron chi connectivity index (χ4n) is 3.15. The quantitative estimate of drug-likeness (QED) is 0.422. The highest BCUT2D eigenvalue weighted by molar-refractivity contribution is 6.24. The van der Waals surface area contributed by atoms with Crippen molar-refractivity contribution in [3.63, 3.8) is 0 Å². The molecule has 0 bridgehead atoms. The van der Waals surface area contributed by atoms with Gasteiger partial charge in [-0.05, 0) is 32.8 Å². The molecule has 0 unspecified atom stereocenters. The van der Waals surface area contributed by atoms with Crippen LogP contribution in [0, 0.1) is 10.1 Å². The molecule has 3 amide bonds. The monoisotopic (exact) mass is 361 g/mol. The van der Waals surface area contributed by atoms with E-state index in [1.165, 1.54) is 18.2 Å². The van der Waals surface area contributed by atoms with Crippen LogP contribution in [0.25, 0.3) is 0 Å². The van der Waals surface area contributed by atoms with Gasteiger partial charge in [-0.15, -0.1) is 0 Å². The lowest BCUT2D eigenvalue weighted by molar-refractivity contribution is -0.385. The highest BCUT2D eigenvalue weighted by Crippen LogP contribution is 2.30. The van der Waals surface area contributed by atoms with Gasteiger partial charge in [0.1, 0.15) is 12.1 Å². The molecule has 140 valence electrons. The number of hydrogen-bond donors (Lipinski definition) is 0. The largest absolute Gasteiger partial charge is 0.336 e. The van der Waals surface area contributed by atoms with Crippen LogP contribution in [0.1, 0.15) is 61.3 Å². The minimum Gasteiger partial charge on any atom is -0.336 e. The van der Waals surface area contributed by atoms with Gasteiger partial charge in [0, 0.05) is 18.2 Å². The number of imide groups is 1. The van der Waals surface area contributed by atoms with Crippen LogP contribution in [0.5, 0.6) is 0 Å². The minimum absolute atomic E-state index is 0.0318. The molecule has 0 N–H and O–H groups in total. The zero-order valence-corrected chi connectivity index (χ0v) is 15.4. The lowest BCUT2D eigenvalue weighted by Gasteiger charge is -2.34. The Labute approximate surface area is 151 Å². The second-order valence-corrected chi connectivity index (χ2v) is 6.47. The van der Waals surface area contributed by atoms with Crippen molar-refractivity contribution in [3.8, 4) is 0 Å².